The Balaban J connectivity index is 1.54. The molecule has 0 unspecified atom stereocenters. The first-order valence-corrected chi connectivity index (χ1v) is 8.18. The van der Waals surface area contributed by atoms with Gasteiger partial charge in [-0.3, -0.25) is 4.98 Å². The summed E-state index contributed by atoms with van der Waals surface area (Å²) in [5, 5.41) is 11.6. The minimum Gasteiger partial charge on any atom is -0.336 e. The summed E-state index contributed by atoms with van der Waals surface area (Å²) >= 11 is 0. The summed E-state index contributed by atoms with van der Waals surface area (Å²) in [6.07, 6.45) is 6.38. The van der Waals surface area contributed by atoms with E-state index in [4.69, 9.17) is 5.26 Å². The minimum absolute atomic E-state index is 0.593. The molecule has 0 saturated heterocycles. The largest absolute Gasteiger partial charge is 0.336 e. The molecule has 4 heteroatoms. The molecule has 2 aromatic carbocycles. The molecule has 2 aromatic heterocycles. The summed E-state index contributed by atoms with van der Waals surface area (Å²) < 4.78 is 2.07. The van der Waals surface area contributed by atoms with Crippen LogP contribution in [0.4, 0.5) is 0 Å². The lowest BCUT2D eigenvalue weighted by atomic mass is 10.0. The molecule has 4 rings (SSSR count). The molecule has 0 saturated carbocycles. The van der Waals surface area contributed by atoms with Gasteiger partial charge in [0.05, 0.1) is 23.7 Å². The SMILES string of the molecule is N#Cc1ccnc(-c2cn(CCc3cccc4ccccc34)cn2)c1. The molecule has 0 spiro atoms. The van der Waals surface area contributed by atoms with Gasteiger partial charge in [-0.1, -0.05) is 42.5 Å². The highest BCUT2D eigenvalue weighted by Gasteiger charge is 2.06. The lowest BCUT2D eigenvalue weighted by Gasteiger charge is -2.07. The lowest BCUT2D eigenvalue weighted by molar-refractivity contribution is 0.698. The number of aryl methyl sites for hydroxylation is 2. The number of pyridine rings is 1. The minimum atomic E-state index is 0.593. The van der Waals surface area contributed by atoms with Crippen molar-refractivity contribution < 1.29 is 0 Å². The van der Waals surface area contributed by atoms with Crippen molar-refractivity contribution in [1.29, 1.82) is 5.26 Å². The van der Waals surface area contributed by atoms with E-state index in [0.717, 1.165) is 24.4 Å². The van der Waals surface area contributed by atoms with Crippen molar-refractivity contribution in [2.75, 3.05) is 0 Å². The molecule has 0 radical (unpaired) electrons. The Bertz CT molecular complexity index is 1070. The predicted octanol–water partition coefficient (Wildman–Crippen LogP) is 4.21. The number of nitrogens with zero attached hydrogens (tertiary/aromatic N) is 4. The van der Waals surface area contributed by atoms with Gasteiger partial charge in [0, 0.05) is 18.9 Å². The lowest BCUT2D eigenvalue weighted by Crippen LogP contribution is -1.99. The molecule has 4 aromatic rings. The molecule has 25 heavy (non-hydrogen) atoms. The second-order valence-electron chi connectivity index (χ2n) is 5.93. The summed E-state index contributed by atoms with van der Waals surface area (Å²) in [5.41, 5.74) is 3.44. The summed E-state index contributed by atoms with van der Waals surface area (Å²) in [6.45, 7) is 0.846. The predicted molar refractivity (Wildman–Crippen MR) is 97.8 cm³/mol. The molecule has 0 atom stereocenters. The first kappa shape index (κ1) is 15.1. The van der Waals surface area contributed by atoms with E-state index >= 15 is 0 Å². The maximum absolute atomic E-state index is 9.01. The Labute approximate surface area is 146 Å². The zero-order chi connectivity index (χ0) is 17.1. The highest BCUT2D eigenvalue weighted by Crippen LogP contribution is 2.20. The second kappa shape index (κ2) is 6.58. The second-order valence-corrected chi connectivity index (χ2v) is 5.93. The number of hydrogen-bond acceptors (Lipinski definition) is 3. The fourth-order valence-corrected chi connectivity index (χ4v) is 3.01. The van der Waals surface area contributed by atoms with E-state index in [2.05, 4.69) is 63.1 Å². The van der Waals surface area contributed by atoms with Crippen LogP contribution in [-0.4, -0.2) is 14.5 Å². The van der Waals surface area contributed by atoms with Gasteiger partial charge in [0.25, 0.3) is 0 Å². The van der Waals surface area contributed by atoms with E-state index in [9.17, 15) is 0 Å². The zero-order valence-electron chi connectivity index (χ0n) is 13.6. The Morgan fingerprint density at radius 3 is 2.76 bits per heavy atom. The average molecular weight is 324 g/mol. The van der Waals surface area contributed by atoms with Crippen LogP contribution in [0.3, 0.4) is 0 Å². The number of fused-ring (bicyclic) bond motifs is 1. The van der Waals surface area contributed by atoms with Gasteiger partial charge in [-0.2, -0.15) is 5.26 Å². The molecular formula is C21H16N4. The molecule has 0 bridgehead atoms. The molecule has 0 N–H and O–H groups in total. The van der Waals surface area contributed by atoms with Gasteiger partial charge < -0.3 is 4.57 Å². The first-order chi connectivity index (χ1) is 12.3. The molecule has 0 aliphatic carbocycles. The molecule has 0 aliphatic rings. The van der Waals surface area contributed by atoms with Gasteiger partial charge in [-0.25, -0.2) is 4.98 Å². The van der Waals surface area contributed by atoms with Crippen molar-refractivity contribution in [2.45, 2.75) is 13.0 Å². The summed E-state index contributed by atoms with van der Waals surface area (Å²) in [6, 6.07) is 20.5. The molecule has 0 amide bonds. The fraction of sp³-hybridized carbons (Fsp3) is 0.0952. The quantitative estimate of drug-likeness (QED) is 0.565. The average Bonchev–Trinajstić information content (AvgIpc) is 3.15. The van der Waals surface area contributed by atoms with Crippen LogP contribution in [0.2, 0.25) is 0 Å². The number of nitriles is 1. The highest BCUT2D eigenvalue weighted by atomic mass is 15.0. The van der Waals surface area contributed by atoms with Gasteiger partial charge in [-0.15, -0.1) is 0 Å². The molecule has 2 heterocycles. The van der Waals surface area contributed by atoms with Crippen LogP contribution in [0, 0.1) is 11.3 Å². The number of aromatic nitrogens is 3. The normalized spacial score (nSPS) is 10.7. The Kier molecular flexibility index (Phi) is 3.97. The van der Waals surface area contributed by atoms with Gasteiger partial charge in [-0.05, 0) is 34.9 Å². The number of rotatable bonds is 4. The van der Waals surface area contributed by atoms with Gasteiger partial charge in [0.15, 0.2) is 0 Å². The van der Waals surface area contributed by atoms with Crippen molar-refractivity contribution >= 4 is 10.8 Å². The molecule has 0 fully saturated rings. The van der Waals surface area contributed by atoms with Crippen molar-refractivity contribution in [3.8, 4) is 17.5 Å². The molecule has 120 valence electrons. The monoisotopic (exact) mass is 324 g/mol. The van der Waals surface area contributed by atoms with E-state index in [0.29, 0.717) is 5.56 Å². The topological polar surface area (TPSA) is 54.5 Å². The molecule has 0 aliphatic heterocycles. The maximum Gasteiger partial charge on any atom is 0.107 e. The molecular weight excluding hydrogens is 308 g/mol. The Morgan fingerprint density at radius 2 is 1.84 bits per heavy atom. The maximum atomic E-state index is 9.01. The van der Waals surface area contributed by atoms with E-state index in [1.54, 1.807) is 18.3 Å². The van der Waals surface area contributed by atoms with Crippen LogP contribution in [0.25, 0.3) is 22.2 Å². The number of hydrogen-bond donors (Lipinski definition) is 0. The van der Waals surface area contributed by atoms with Crippen LogP contribution in [0.1, 0.15) is 11.1 Å². The Morgan fingerprint density at radius 1 is 0.960 bits per heavy atom. The van der Waals surface area contributed by atoms with Gasteiger partial charge in [0.2, 0.25) is 0 Å². The summed E-state index contributed by atoms with van der Waals surface area (Å²) in [5.74, 6) is 0. The van der Waals surface area contributed by atoms with Crippen LogP contribution in [-0.2, 0) is 13.0 Å². The highest BCUT2D eigenvalue weighted by molar-refractivity contribution is 5.85. The van der Waals surface area contributed by atoms with Crippen molar-refractivity contribution in [1.82, 2.24) is 14.5 Å². The zero-order valence-corrected chi connectivity index (χ0v) is 13.6. The van der Waals surface area contributed by atoms with Gasteiger partial charge in [0.1, 0.15) is 5.69 Å². The number of imidazole rings is 1. The summed E-state index contributed by atoms with van der Waals surface area (Å²) in [4.78, 5) is 8.73. The van der Waals surface area contributed by atoms with Crippen molar-refractivity contribution in [3.05, 3.63) is 84.4 Å². The van der Waals surface area contributed by atoms with E-state index in [1.165, 1.54) is 16.3 Å². The van der Waals surface area contributed by atoms with E-state index < -0.39 is 0 Å². The smallest absolute Gasteiger partial charge is 0.107 e. The van der Waals surface area contributed by atoms with Crippen LogP contribution in [0.5, 0.6) is 0 Å². The van der Waals surface area contributed by atoms with E-state index in [-0.39, 0.29) is 0 Å². The van der Waals surface area contributed by atoms with Crippen molar-refractivity contribution in [3.63, 3.8) is 0 Å². The molecule has 4 nitrogen and oxygen atoms in total. The third-order valence-electron chi connectivity index (χ3n) is 4.30. The van der Waals surface area contributed by atoms with Crippen molar-refractivity contribution in [2.24, 2.45) is 0 Å². The third-order valence-corrected chi connectivity index (χ3v) is 4.30. The van der Waals surface area contributed by atoms with E-state index in [1.807, 2.05) is 12.5 Å². The first-order valence-electron chi connectivity index (χ1n) is 8.18. The fourth-order valence-electron chi connectivity index (χ4n) is 3.01. The number of benzene rings is 2. The summed E-state index contributed by atoms with van der Waals surface area (Å²) in [7, 11) is 0. The van der Waals surface area contributed by atoms with Crippen LogP contribution < -0.4 is 0 Å². The third kappa shape index (κ3) is 3.13. The van der Waals surface area contributed by atoms with Crippen LogP contribution in [0.15, 0.2) is 73.3 Å². The van der Waals surface area contributed by atoms with Crippen LogP contribution >= 0.6 is 0 Å². The Hall–Kier alpha value is -3.45. The van der Waals surface area contributed by atoms with Gasteiger partial charge >= 0.3 is 0 Å². The standard InChI is InChI=1S/C21H16N4/c22-13-16-8-10-23-20(12-16)21-14-25(15-24-21)11-9-18-6-3-5-17-4-1-2-7-19(17)18/h1-8,10,12,14-15H,9,11H2.